The number of esters is 1. The Morgan fingerprint density at radius 2 is 1.41 bits per heavy atom. The van der Waals surface area contributed by atoms with Crippen LogP contribution in [-0.2, 0) is 4.74 Å². The van der Waals surface area contributed by atoms with Gasteiger partial charge in [0.05, 0.1) is 11.7 Å². The summed E-state index contributed by atoms with van der Waals surface area (Å²) in [5.74, 6) is 1.61. The number of hydrogen-bond acceptors (Lipinski definition) is 3. The van der Waals surface area contributed by atoms with Gasteiger partial charge in [-0.3, -0.25) is 0 Å². The Kier molecular flexibility index (Phi) is 10.4. The largest absolute Gasteiger partial charge is 0.423 e. The number of ether oxygens (including phenoxy) is 2. The van der Waals surface area contributed by atoms with Gasteiger partial charge in [0, 0.05) is 6.61 Å². The topological polar surface area (TPSA) is 35.5 Å². The van der Waals surface area contributed by atoms with Gasteiger partial charge < -0.3 is 9.47 Å². The van der Waals surface area contributed by atoms with E-state index >= 15 is 0 Å². The highest BCUT2D eigenvalue weighted by Crippen LogP contribution is 2.34. The Bertz CT molecular complexity index is 1060. The van der Waals surface area contributed by atoms with E-state index in [0.29, 0.717) is 23.3 Å². The van der Waals surface area contributed by atoms with Crippen molar-refractivity contribution < 1.29 is 14.3 Å². The van der Waals surface area contributed by atoms with Crippen LogP contribution in [0.1, 0.15) is 93.5 Å². The summed E-state index contributed by atoms with van der Waals surface area (Å²) in [6.07, 6.45) is 11.5. The Balaban J connectivity index is 1.18. The van der Waals surface area contributed by atoms with Gasteiger partial charge >= 0.3 is 5.97 Å². The third-order valence-corrected chi connectivity index (χ3v) is 7.49. The van der Waals surface area contributed by atoms with Crippen LogP contribution in [0.4, 0.5) is 0 Å². The molecule has 0 spiro atoms. The summed E-state index contributed by atoms with van der Waals surface area (Å²) in [6.45, 7) is 5.51. The fourth-order valence-corrected chi connectivity index (χ4v) is 5.22. The van der Waals surface area contributed by atoms with E-state index in [1.165, 1.54) is 37.7 Å². The van der Waals surface area contributed by atoms with Crippen molar-refractivity contribution in [1.82, 2.24) is 0 Å². The van der Waals surface area contributed by atoms with E-state index in [4.69, 9.17) is 9.47 Å². The number of benzene rings is 3. The molecule has 3 nitrogen and oxygen atoms in total. The van der Waals surface area contributed by atoms with Crippen LogP contribution in [-0.4, -0.2) is 18.7 Å². The van der Waals surface area contributed by atoms with Gasteiger partial charge in [0.1, 0.15) is 5.75 Å². The molecule has 0 aromatic heterocycles. The van der Waals surface area contributed by atoms with Crippen molar-refractivity contribution in [2.45, 2.75) is 83.7 Å². The fourth-order valence-electron chi connectivity index (χ4n) is 5.22. The van der Waals surface area contributed by atoms with Crippen molar-refractivity contribution in [2.75, 3.05) is 6.61 Å². The SMILES string of the molecule is CC(C)CCCCCCOC1CCC(c2ccc(C(=O)Oc3ccc(-c4ccccc4)cc3)cc2)CC1. The molecule has 1 aliphatic carbocycles. The fraction of sp³-hybridized carbons (Fsp3) is 0.441. The van der Waals surface area contributed by atoms with Crippen LogP contribution in [0.15, 0.2) is 78.9 Å². The molecule has 0 amide bonds. The Hall–Kier alpha value is -2.91. The van der Waals surface area contributed by atoms with Crippen LogP contribution < -0.4 is 4.74 Å². The standard InChI is InChI=1S/C34H42O3/c1-26(2)10-6-3-4-9-25-36-32-21-17-30(18-22-32)28-13-15-31(16-14-28)34(35)37-33-23-19-29(20-24-33)27-11-7-5-8-12-27/h5,7-8,11-16,19-20,23-24,26,30,32H,3-4,6,9-10,17-18,21-22,25H2,1-2H3. The average molecular weight is 499 g/mol. The van der Waals surface area contributed by atoms with Gasteiger partial charge in [0.2, 0.25) is 0 Å². The maximum atomic E-state index is 12.7. The smallest absolute Gasteiger partial charge is 0.343 e. The molecule has 37 heavy (non-hydrogen) atoms. The first kappa shape index (κ1) is 27.1. The lowest BCUT2D eigenvalue weighted by Crippen LogP contribution is -2.21. The van der Waals surface area contributed by atoms with Crippen LogP contribution in [0.2, 0.25) is 0 Å². The zero-order valence-corrected chi connectivity index (χ0v) is 22.5. The number of carbonyl (C=O) groups excluding carboxylic acids is 1. The van der Waals surface area contributed by atoms with Crippen molar-refractivity contribution >= 4 is 5.97 Å². The molecular weight excluding hydrogens is 456 g/mol. The molecule has 4 rings (SSSR count). The second-order valence-corrected chi connectivity index (χ2v) is 10.8. The molecule has 1 aliphatic rings. The van der Waals surface area contributed by atoms with Gasteiger partial charge in [-0.05, 0) is 84.9 Å². The quantitative estimate of drug-likeness (QED) is 0.142. The highest BCUT2D eigenvalue weighted by Gasteiger charge is 2.23. The number of hydrogen-bond donors (Lipinski definition) is 0. The first-order chi connectivity index (χ1) is 18.1. The lowest BCUT2D eigenvalue weighted by Gasteiger charge is -2.29. The number of rotatable bonds is 12. The van der Waals surface area contributed by atoms with Crippen molar-refractivity contribution in [1.29, 1.82) is 0 Å². The first-order valence-electron chi connectivity index (χ1n) is 14.2. The van der Waals surface area contributed by atoms with E-state index in [0.717, 1.165) is 49.3 Å². The van der Waals surface area contributed by atoms with Gasteiger partial charge in [-0.25, -0.2) is 4.79 Å². The molecule has 1 fully saturated rings. The van der Waals surface area contributed by atoms with E-state index < -0.39 is 0 Å². The monoisotopic (exact) mass is 498 g/mol. The lowest BCUT2D eigenvalue weighted by molar-refractivity contribution is 0.0226. The summed E-state index contributed by atoms with van der Waals surface area (Å²) in [4.78, 5) is 12.7. The molecule has 3 heteroatoms. The second-order valence-electron chi connectivity index (χ2n) is 10.8. The van der Waals surface area contributed by atoms with E-state index in [1.54, 1.807) is 0 Å². The molecule has 3 aromatic rings. The van der Waals surface area contributed by atoms with Gasteiger partial charge in [-0.15, -0.1) is 0 Å². The molecule has 0 saturated heterocycles. The van der Waals surface area contributed by atoms with Crippen molar-refractivity contribution in [3.8, 4) is 16.9 Å². The predicted molar refractivity (Wildman–Crippen MR) is 152 cm³/mol. The highest BCUT2D eigenvalue weighted by molar-refractivity contribution is 5.91. The van der Waals surface area contributed by atoms with Gasteiger partial charge in [-0.1, -0.05) is 94.1 Å². The van der Waals surface area contributed by atoms with E-state index in [1.807, 2.05) is 54.6 Å². The normalized spacial score (nSPS) is 17.6. The predicted octanol–water partition coefficient (Wildman–Crippen LogP) is 9.22. The number of carbonyl (C=O) groups is 1. The van der Waals surface area contributed by atoms with Gasteiger partial charge in [0.15, 0.2) is 0 Å². The molecule has 0 atom stereocenters. The zero-order valence-electron chi connectivity index (χ0n) is 22.5. The summed E-state index contributed by atoms with van der Waals surface area (Å²) in [5, 5.41) is 0. The molecule has 0 bridgehead atoms. The van der Waals surface area contributed by atoms with Gasteiger partial charge in [0.25, 0.3) is 0 Å². The first-order valence-corrected chi connectivity index (χ1v) is 14.2. The molecule has 0 unspecified atom stereocenters. The second kappa shape index (κ2) is 14.1. The zero-order chi connectivity index (χ0) is 25.9. The summed E-state index contributed by atoms with van der Waals surface area (Å²) >= 11 is 0. The Morgan fingerprint density at radius 1 is 0.757 bits per heavy atom. The van der Waals surface area contributed by atoms with Crippen LogP contribution in [0, 0.1) is 5.92 Å². The molecule has 0 N–H and O–H groups in total. The Labute approximate surface area is 223 Å². The van der Waals surface area contributed by atoms with Crippen molar-refractivity contribution in [3.63, 3.8) is 0 Å². The van der Waals surface area contributed by atoms with Crippen molar-refractivity contribution in [3.05, 3.63) is 90.0 Å². The lowest BCUT2D eigenvalue weighted by atomic mass is 9.82. The average Bonchev–Trinajstić information content (AvgIpc) is 2.94. The highest BCUT2D eigenvalue weighted by atomic mass is 16.5. The van der Waals surface area contributed by atoms with E-state index in [2.05, 4.69) is 38.1 Å². The summed E-state index contributed by atoms with van der Waals surface area (Å²) in [7, 11) is 0. The van der Waals surface area contributed by atoms with E-state index in [-0.39, 0.29) is 5.97 Å². The molecule has 0 heterocycles. The molecule has 1 saturated carbocycles. The third kappa shape index (κ3) is 8.57. The van der Waals surface area contributed by atoms with Crippen LogP contribution in [0.5, 0.6) is 5.75 Å². The third-order valence-electron chi connectivity index (χ3n) is 7.49. The van der Waals surface area contributed by atoms with Crippen LogP contribution >= 0.6 is 0 Å². The molecule has 0 radical (unpaired) electrons. The molecular formula is C34H42O3. The minimum Gasteiger partial charge on any atom is -0.423 e. The van der Waals surface area contributed by atoms with E-state index in [9.17, 15) is 4.79 Å². The maximum absolute atomic E-state index is 12.7. The molecule has 0 aliphatic heterocycles. The van der Waals surface area contributed by atoms with Gasteiger partial charge in [-0.2, -0.15) is 0 Å². The number of unbranched alkanes of at least 4 members (excludes halogenated alkanes) is 3. The summed E-state index contributed by atoms with van der Waals surface area (Å²) in [5.41, 5.74) is 4.14. The molecule has 3 aromatic carbocycles. The summed E-state index contributed by atoms with van der Waals surface area (Å²) < 4.78 is 11.8. The maximum Gasteiger partial charge on any atom is 0.343 e. The summed E-state index contributed by atoms with van der Waals surface area (Å²) in [6, 6.07) is 25.8. The van der Waals surface area contributed by atoms with Crippen LogP contribution in [0.3, 0.4) is 0 Å². The van der Waals surface area contributed by atoms with Crippen LogP contribution in [0.25, 0.3) is 11.1 Å². The minimum absolute atomic E-state index is 0.319. The Morgan fingerprint density at radius 3 is 2.08 bits per heavy atom. The van der Waals surface area contributed by atoms with Crippen molar-refractivity contribution in [2.24, 2.45) is 5.92 Å². The minimum atomic E-state index is -0.319. The molecule has 196 valence electrons.